The van der Waals surface area contributed by atoms with Gasteiger partial charge in [-0.25, -0.2) is 0 Å². The van der Waals surface area contributed by atoms with E-state index in [1.807, 2.05) is 23.6 Å². The van der Waals surface area contributed by atoms with Crippen molar-refractivity contribution in [1.29, 1.82) is 0 Å². The molecule has 0 spiro atoms. The Morgan fingerprint density at radius 2 is 2.07 bits per heavy atom. The van der Waals surface area contributed by atoms with E-state index in [4.69, 9.17) is 21.1 Å². The van der Waals surface area contributed by atoms with Crippen molar-refractivity contribution in [2.45, 2.75) is 19.9 Å². The van der Waals surface area contributed by atoms with E-state index in [9.17, 15) is 14.9 Å². The standard InChI is InChI=1S/C18H14ClN3O5S/c1-2-5-21-13-7-14-15(27-9-26-14)8-16(13)28-18(21)20-17(23)11-6-10(22(24)25)3-4-12(11)19/h3-4,6-8H,2,5,9H2,1H3. The van der Waals surface area contributed by atoms with E-state index in [1.54, 1.807) is 0 Å². The average Bonchev–Trinajstić information content (AvgIpc) is 3.24. The summed E-state index contributed by atoms with van der Waals surface area (Å²) in [5.41, 5.74) is 0.657. The summed E-state index contributed by atoms with van der Waals surface area (Å²) in [6, 6.07) is 7.44. The van der Waals surface area contributed by atoms with Crippen molar-refractivity contribution < 1.29 is 19.2 Å². The second-order valence-corrected chi connectivity index (χ2v) is 7.46. The molecule has 3 aromatic rings. The molecule has 1 aliphatic rings. The van der Waals surface area contributed by atoms with Crippen molar-refractivity contribution in [2.75, 3.05) is 6.79 Å². The predicted molar refractivity (Wildman–Crippen MR) is 104 cm³/mol. The third-order valence-electron chi connectivity index (χ3n) is 4.21. The number of nitro groups is 1. The van der Waals surface area contributed by atoms with E-state index >= 15 is 0 Å². The van der Waals surface area contributed by atoms with Gasteiger partial charge in [0.05, 0.1) is 25.7 Å². The molecule has 2 aromatic carbocycles. The van der Waals surface area contributed by atoms with Gasteiger partial charge >= 0.3 is 0 Å². The Morgan fingerprint density at radius 1 is 1.32 bits per heavy atom. The highest BCUT2D eigenvalue weighted by Gasteiger charge is 2.19. The monoisotopic (exact) mass is 419 g/mol. The van der Waals surface area contributed by atoms with Crippen molar-refractivity contribution in [2.24, 2.45) is 4.99 Å². The third kappa shape index (κ3) is 3.23. The molecule has 1 amide bonds. The maximum absolute atomic E-state index is 12.7. The van der Waals surface area contributed by atoms with Crippen LogP contribution in [0.2, 0.25) is 5.02 Å². The van der Waals surface area contributed by atoms with Crippen molar-refractivity contribution >= 4 is 44.7 Å². The molecule has 28 heavy (non-hydrogen) atoms. The summed E-state index contributed by atoms with van der Waals surface area (Å²) in [6.45, 7) is 2.85. The molecule has 8 nitrogen and oxygen atoms in total. The Hall–Kier alpha value is -2.91. The van der Waals surface area contributed by atoms with E-state index in [-0.39, 0.29) is 23.1 Å². The minimum atomic E-state index is -0.634. The van der Waals surface area contributed by atoms with Gasteiger partial charge in [-0.3, -0.25) is 14.9 Å². The fourth-order valence-corrected chi connectivity index (χ4v) is 4.19. The fourth-order valence-electron chi connectivity index (χ4n) is 2.92. The Kier molecular flexibility index (Phi) is 4.78. The summed E-state index contributed by atoms with van der Waals surface area (Å²) in [5, 5.41) is 11.1. The summed E-state index contributed by atoms with van der Waals surface area (Å²) in [6.07, 6.45) is 0.833. The number of hydrogen-bond donors (Lipinski definition) is 0. The molecule has 1 aliphatic heterocycles. The number of benzene rings is 2. The normalized spacial score (nSPS) is 13.3. The molecule has 2 heterocycles. The van der Waals surface area contributed by atoms with Crippen LogP contribution in [-0.4, -0.2) is 22.2 Å². The highest BCUT2D eigenvalue weighted by atomic mass is 35.5. The zero-order chi connectivity index (χ0) is 19.8. The quantitative estimate of drug-likeness (QED) is 0.467. The molecule has 0 atom stereocenters. The number of ether oxygens (including phenoxy) is 2. The molecule has 0 unspecified atom stereocenters. The summed E-state index contributed by atoms with van der Waals surface area (Å²) in [4.78, 5) is 27.8. The first-order valence-corrected chi connectivity index (χ1v) is 9.63. The Morgan fingerprint density at radius 3 is 2.79 bits per heavy atom. The molecule has 4 rings (SSSR count). The highest BCUT2D eigenvalue weighted by molar-refractivity contribution is 7.16. The molecule has 0 fully saturated rings. The first kappa shape index (κ1) is 18.5. The van der Waals surface area contributed by atoms with E-state index in [0.29, 0.717) is 22.8 Å². The molecule has 144 valence electrons. The number of aryl methyl sites for hydroxylation is 1. The Balaban J connectivity index is 1.85. The first-order chi connectivity index (χ1) is 13.5. The Bertz CT molecular complexity index is 1180. The number of nitro benzene ring substituents is 1. The number of fused-ring (bicyclic) bond motifs is 2. The number of nitrogens with zero attached hydrogens (tertiary/aromatic N) is 3. The van der Waals surface area contributed by atoms with Crippen LogP contribution in [0.3, 0.4) is 0 Å². The van der Waals surface area contributed by atoms with Gasteiger partial charge in [-0.15, -0.1) is 0 Å². The maximum Gasteiger partial charge on any atom is 0.281 e. The van der Waals surface area contributed by atoms with Crippen LogP contribution >= 0.6 is 22.9 Å². The molecular weight excluding hydrogens is 406 g/mol. The van der Waals surface area contributed by atoms with E-state index in [0.717, 1.165) is 22.7 Å². The SMILES string of the molecule is CCCn1c(=NC(=O)c2cc([N+](=O)[O-])ccc2Cl)sc2cc3c(cc21)OCO3. The van der Waals surface area contributed by atoms with Crippen LogP contribution in [0.1, 0.15) is 23.7 Å². The topological polar surface area (TPSA) is 96.0 Å². The lowest BCUT2D eigenvalue weighted by molar-refractivity contribution is -0.384. The van der Waals surface area contributed by atoms with Gasteiger partial charge in [0.15, 0.2) is 16.3 Å². The maximum atomic E-state index is 12.7. The van der Waals surface area contributed by atoms with E-state index in [1.165, 1.54) is 23.5 Å². The molecule has 0 N–H and O–H groups in total. The smallest absolute Gasteiger partial charge is 0.281 e. The summed E-state index contributed by atoms with van der Waals surface area (Å²) >= 11 is 7.40. The number of aromatic nitrogens is 1. The molecule has 0 radical (unpaired) electrons. The van der Waals surface area contributed by atoms with Crippen LogP contribution in [0.25, 0.3) is 10.2 Å². The molecule has 0 saturated carbocycles. The van der Waals surface area contributed by atoms with Crippen LogP contribution in [0.15, 0.2) is 35.3 Å². The van der Waals surface area contributed by atoms with Crippen molar-refractivity contribution in [3.05, 3.63) is 55.8 Å². The molecule has 0 saturated heterocycles. The van der Waals surface area contributed by atoms with Gasteiger partial charge in [0.25, 0.3) is 11.6 Å². The summed E-state index contributed by atoms with van der Waals surface area (Å²) in [7, 11) is 0. The van der Waals surface area contributed by atoms with Gasteiger partial charge in [-0.1, -0.05) is 29.9 Å². The van der Waals surface area contributed by atoms with Crippen LogP contribution in [0, 0.1) is 10.1 Å². The summed E-state index contributed by atoms with van der Waals surface area (Å²) in [5.74, 6) is 0.664. The molecule has 0 aliphatic carbocycles. The lowest BCUT2D eigenvalue weighted by Crippen LogP contribution is -2.17. The van der Waals surface area contributed by atoms with Crippen LogP contribution in [0.5, 0.6) is 11.5 Å². The zero-order valence-electron chi connectivity index (χ0n) is 14.7. The number of carbonyl (C=O) groups is 1. The minimum Gasteiger partial charge on any atom is -0.454 e. The number of halogens is 1. The van der Waals surface area contributed by atoms with Crippen LogP contribution < -0.4 is 14.3 Å². The van der Waals surface area contributed by atoms with Crippen molar-refractivity contribution in [3.63, 3.8) is 0 Å². The number of non-ortho nitro benzene ring substituents is 1. The first-order valence-electron chi connectivity index (χ1n) is 8.44. The largest absolute Gasteiger partial charge is 0.454 e. The van der Waals surface area contributed by atoms with Gasteiger partial charge in [0.2, 0.25) is 6.79 Å². The third-order valence-corrected chi connectivity index (χ3v) is 5.58. The lowest BCUT2D eigenvalue weighted by Gasteiger charge is -2.04. The number of carbonyl (C=O) groups excluding carboxylic acids is 1. The van der Waals surface area contributed by atoms with E-state index < -0.39 is 10.8 Å². The van der Waals surface area contributed by atoms with Gasteiger partial charge in [0.1, 0.15) is 0 Å². The second-order valence-electron chi connectivity index (χ2n) is 6.05. The molecule has 1 aromatic heterocycles. The van der Waals surface area contributed by atoms with Crippen LogP contribution in [0.4, 0.5) is 5.69 Å². The fraction of sp³-hybridized carbons (Fsp3) is 0.222. The van der Waals surface area contributed by atoms with E-state index in [2.05, 4.69) is 4.99 Å². The number of rotatable bonds is 4. The van der Waals surface area contributed by atoms with Crippen molar-refractivity contribution in [3.8, 4) is 11.5 Å². The summed E-state index contributed by atoms with van der Waals surface area (Å²) < 4.78 is 13.7. The number of hydrogen-bond acceptors (Lipinski definition) is 6. The highest BCUT2D eigenvalue weighted by Crippen LogP contribution is 2.37. The van der Waals surface area contributed by atoms with Gasteiger partial charge < -0.3 is 14.0 Å². The van der Waals surface area contributed by atoms with Gasteiger partial charge in [0, 0.05) is 30.8 Å². The van der Waals surface area contributed by atoms with Gasteiger partial charge in [-0.2, -0.15) is 4.99 Å². The lowest BCUT2D eigenvalue weighted by atomic mass is 10.2. The molecular formula is C18H14ClN3O5S. The number of thiazole rings is 1. The zero-order valence-corrected chi connectivity index (χ0v) is 16.2. The second kappa shape index (κ2) is 7.25. The molecule has 10 heteroatoms. The van der Waals surface area contributed by atoms with Crippen LogP contribution in [-0.2, 0) is 6.54 Å². The van der Waals surface area contributed by atoms with Crippen molar-refractivity contribution in [1.82, 2.24) is 4.57 Å². The predicted octanol–water partition coefficient (Wildman–Crippen LogP) is 4.14. The Labute approximate surface area is 167 Å². The molecule has 0 bridgehead atoms. The minimum absolute atomic E-state index is 0.00877. The average molecular weight is 420 g/mol. The van der Waals surface area contributed by atoms with Gasteiger partial charge in [-0.05, 0) is 12.5 Å². The number of amides is 1.